The number of nitrogens with zero attached hydrogens (tertiary/aromatic N) is 1. The zero-order chi connectivity index (χ0) is 8.27. The smallest absolute Gasteiger partial charge is 0.139 e. The second-order valence-electron chi connectivity index (χ2n) is 2.66. The van der Waals surface area contributed by atoms with Gasteiger partial charge >= 0.3 is 0 Å². The van der Waals surface area contributed by atoms with E-state index in [1.54, 1.807) is 0 Å². The lowest BCUT2D eigenvalue weighted by atomic mass is 9.87. The lowest BCUT2D eigenvalue weighted by Crippen LogP contribution is -1.88. The number of allylic oxidation sites excluding steroid dienone is 1. The first kappa shape index (κ1) is 8.06. The van der Waals surface area contributed by atoms with Crippen molar-refractivity contribution in [1.29, 1.82) is 0 Å². The highest BCUT2D eigenvalue weighted by Gasteiger charge is 1.96. The van der Waals surface area contributed by atoms with Crippen molar-refractivity contribution in [2.24, 2.45) is 0 Å². The molecule has 0 fully saturated rings. The number of hydrogen-bond donors (Lipinski definition) is 0. The molecule has 0 saturated heterocycles. The molecule has 1 heterocycles. The maximum Gasteiger partial charge on any atom is 0.139 e. The van der Waals surface area contributed by atoms with Crippen LogP contribution in [0, 0.1) is 6.92 Å². The number of aryl methyl sites for hydroxylation is 1. The van der Waals surface area contributed by atoms with Crippen LogP contribution in [0.4, 0.5) is 0 Å². The van der Waals surface area contributed by atoms with Gasteiger partial charge in [-0.05, 0) is 31.0 Å². The van der Waals surface area contributed by atoms with E-state index in [-0.39, 0.29) is 0 Å². The predicted octanol–water partition coefficient (Wildman–Crippen LogP) is 1.38. The van der Waals surface area contributed by atoms with Gasteiger partial charge in [-0.2, -0.15) is 0 Å². The average Bonchev–Trinajstić information content (AvgIpc) is 2.04. The molecule has 0 unspecified atom stereocenters. The average molecular weight is 145 g/mol. The molecule has 1 nitrogen and oxygen atoms in total. The van der Waals surface area contributed by atoms with Crippen molar-refractivity contribution in [2.45, 2.75) is 13.8 Å². The summed E-state index contributed by atoms with van der Waals surface area (Å²) in [4.78, 5) is 4.07. The molecule has 56 valence electrons. The molecular weight excluding hydrogens is 133 g/mol. The first-order valence-corrected chi connectivity index (χ1v) is 3.79. The molecule has 0 saturated carbocycles. The molecule has 0 spiro atoms. The van der Waals surface area contributed by atoms with Crippen molar-refractivity contribution in [3.63, 3.8) is 0 Å². The van der Waals surface area contributed by atoms with Gasteiger partial charge in [-0.15, -0.1) is 0 Å². The minimum atomic E-state index is 1.25. The van der Waals surface area contributed by atoms with E-state index in [0.717, 1.165) is 0 Å². The molecule has 1 rings (SSSR count). The fourth-order valence-corrected chi connectivity index (χ4v) is 1.03. The molecule has 0 N–H and O–H groups in total. The summed E-state index contributed by atoms with van der Waals surface area (Å²) in [5.41, 5.74) is 3.82. The molecule has 0 atom stereocenters. The molecule has 0 aliphatic carbocycles. The lowest BCUT2D eigenvalue weighted by molar-refractivity contribution is 1.27. The summed E-state index contributed by atoms with van der Waals surface area (Å²) < 4.78 is 0. The summed E-state index contributed by atoms with van der Waals surface area (Å²) in [7, 11) is 2.10. The summed E-state index contributed by atoms with van der Waals surface area (Å²) in [6.45, 7) is 4.14. The number of rotatable bonds is 1. The van der Waals surface area contributed by atoms with E-state index in [0.29, 0.717) is 0 Å². The fourth-order valence-electron chi connectivity index (χ4n) is 1.03. The Morgan fingerprint density at radius 1 is 1.64 bits per heavy atom. The number of aromatic nitrogens is 1. The van der Waals surface area contributed by atoms with Crippen molar-refractivity contribution in [3.8, 4) is 0 Å². The highest BCUT2D eigenvalue weighted by molar-refractivity contribution is 6.42. The molecule has 0 aliphatic heterocycles. The first-order valence-electron chi connectivity index (χ1n) is 3.79. The molecule has 0 radical (unpaired) electrons. The molecule has 0 aliphatic rings. The standard InChI is InChI=1S/C9H12BN/c1-3-9(10)8-6-11-5-4-7(8)2/h3-6H,10H2,1-2H3/b9-3+. The Morgan fingerprint density at radius 3 is 2.91 bits per heavy atom. The Morgan fingerprint density at radius 2 is 2.36 bits per heavy atom. The largest absolute Gasteiger partial charge is 0.264 e. The molecular formula is C9H12BN. The minimum Gasteiger partial charge on any atom is -0.264 e. The second kappa shape index (κ2) is 3.38. The zero-order valence-electron chi connectivity index (χ0n) is 7.26. The quantitative estimate of drug-likeness (QED) is 0.544. The fraction of sp³-hybridized carbons (Fsp3) is 0.222. The van der Waals surface area contributed by atoms with Crippen LogP contribution in [0.15, 0.2) is 24.5 Å². The molecule has 1 aromatic rings. The van der Waals surface area contributed by atoms with E-state index >= 15 is 0 Å². The van der Waals surface area contributed by atoms with E-state index in [9.17, 15) is 0 Å². The van der Waals surface area contributed by atoms with Gasteiger partial charge in [0.2, 0.25) is 0 Å². The Kier molecular flexibility index (Phi) is 2.47. The van der Waals surface area contributed by atoms with Gasteiger partial charge < -0.3 is 0 Å². The van der Waals surface area contributed by atoms with Gasteiger partial charge in [0.25, 0.3) is 0 Å². The van der Waals surface area contributed by atoms with Crippen LogP contribution in [0.25, 0.3) is 5.47 Å². The Labute approximate surface area is 68.6 Å². The van der Waals surface area contributed by atoms with Gasteiger partial charge in [0, 0.05) is 12.4 Å². The monoisotopic (exact) mass is 145 g/mol. The van der Waals surface area contributed by atoms with Crippen LogP contribution in [0.3, 0.4) is 0 Å². The van der Waals surface area contributed by atoms with Gasteiger partial charge in [0.1, 0.15) is 7.85 Å². The zero-order valence-corrected chi connectivity index (χ0v) is 7.26. The van der Waals surface area contributed by atoms with Crippen molar-refractivity contribution >= 4 is 13.3 Å². The third kappa shape index (κ3) is 1.70. The van der Waals surface area contributed by atoms with Crippen molar-refractivity contribution < 1.29 is 0 Å². The summed E-state index contributed by atoms with van der Waals surface area (Å²) in [5.74, 6) is 0. The first-order chi connectivity index (χ1) is 5.25. The van der Waals surface area contributed by atoms with E-state index in [1.165, 1.54) is 16.6 Å². The summed E-state index contributed by atoms with van der Waals surface area (Å²) in [6.07, 6.45) is 5.83. The molecule has 2 heteroatoms. The Bertz CT molecular complexity index is 279. The molecule has 11 heavy (non-hydrogen) atoms. The summed E-state index contributed by atoms with van der Waals surface area (Å²) >= 11 is 0. The van der Waals surface area contributed by atoms with E-state index in [4.69, 9.17) is 0 Å². The minimum absolute atomic E-state index is 1.25. The lowest BCUT2D eigenvalue weighted by Gasteiger charge is -2.03. The van der Waals surface area contributed by atoms with E-state index in [1.807, 2.05) is 25.4 Å². The second-order valence-corrected chi connectivity index (χ2v) is 2.66. The maximum atomic E-state index is 4.07. The Balaban J connectivity index is 3.14. The maximum absolute atomic E-state index is 4.07. The number of pyridine rings is 1. The van der Waals surface area contributed by atoms with Gasteiger partial charge in [0.05, 0.1) is 0 Å². The van der Waals surface area contributed by atoms with Crippen LogP contribution in [0.5, 0.6) is 0 Å². The van der Waals surface area contributed by atoms with Crippen LogP contribution in [-0.2, 0) is 0 Å². The van der Waals surface area contributed by atoms with Gasteiger partial charge in [-0.3, -0.25) is 4.98 Å². The third-order valence-electron chi connectivity index (χ3n) is 1.90. The molecule has 0 amide bonds. The normalized spacial score (nSPS) is 11.6. The van der Waals surface area contributed by atoms with Crippen LogP contribution in [0.1, 0.15) is 18.1 Å². The third-order valence-corrected chi connectivity index (χ3v) is 1.90. The van der Waals surface area contributed by atoms with Gasteiger partial charge in [-0.25, -0.2) is 0 Å². The van der Waals surface area contributed by atoms with Crippen molar-refractivity contribution in [2.75, 3.05) is 0 Å². The molecule has 0 aromatic carbocycles. The summed E-state index contributed by atoms with van der Waals surface area (Å²) in [5, 5.41) is 0. The van der Waals surface area contributed by atoms with E-state index in [2.05, 4.69) is 25.8 Å². The van der Waals surface area contributed by atoms with Crippen LogP contribution < -0.4 is 0 Å². The SMILES string of the molecule is B/C(=C/C)c1cnccc1C. The van der Waals surface area contributed by atoms with Crippen LogP contribution >= 0.6 is 0 Å². The Hall–Kier alpha value is -1.05. The van der Waals surface area contributed by atoms with Crippen molar-refractivity contribution in [3.05, 3.63) is 35.7 Å². The highest BCUT2D eigenvalue weighted by atomic mass is 14.6. The van der Waals surface area contributed by atoms with Crippen LogP contribution in [-0.4, -0.2) is 12.8 Å². The predicted molar refractivity (Wildman–Crippen MR) is 51.2 cm³/mol. The molecule has 0 bridgehead atoms. The van der Waals surface area contributed by atoms with Crippen molar-refractivity contribution in [1.82, 2.24) is 4.98 Å². The van der Waals surface area contributed by atoms with Crippen LogP contribution in [0.2, 0.25) is 0 Å². The van der Waals surface area contributed by atoms with E-state index < -0.39 is 0 Å². The highest BCUT2D eigenvalue weighted by Crippen LogP contribution is 2.13. The summed E-state index contributed by atoms with van der Waals surface area (Å²) in [6, 6.07) is 2.03. The topological polar surface area (TPSA) is 12.9 Å². The number of hydrogen-bond acceptors (Lipinski definition) is 1. The van der Waals surface area contributed by atoms with Gasteiger partial charge in [0.15, 0.2) is 0 Å². The molecule has 1 aromatic heterocycles. The van der Waals surface area contributed by atoms with Gasteiger partial charge in [-0.1, -0.05) is 11.5 Å².